The van der Waals surface area contributed by atoms with E-state index < -0.39 is 6.36 Å². The molecule has 1 atom stereocenters. The number of benzene rings is 2. The minimum atomic E-state index is -1.41. The highest BCUT2D eigenvalue weighted by Gasteiger charge is 2.13. The number of allylic oxidation sites excluding steroid dienone is 2. The Bertz CT molecular complexity index is 1200. The minimum Gasteiger partial charge on any atom is -0.461 e. The van der Waals surface area contributed by atoms with Crippen molar-refractivity contribution in [2.24, 2.45) is 5.73 Å². The van der Waals surface area contributed by atoms with Gasteiger partial charge in [-0.25, -0.2) is 9.37 Å². The minimum absolute atomic E-state index is 0.304. The van der Waals surface area contributed by atoms with E-state index in [4.69, 9.17) is 10.5 Å². The zero-order chi connectivity index (χ0) is 22.0. The fourth-order valence-electron chi connectivity index (χ4n) is 3.19. The van der Waals surface area contributed by atoms with Crippen molar-refractivity contribution in [1.82, 2.24) is 4.98 Å². The molecule has 4 rings (SSSR count). The zero-order valence-electron chi connectivity index (χ0n) is 17.2. The van der Waals surface area contributed by atoms with Crippen LogP contribution in [0.5, 0.6) is 5.75 Å². The Morgan fingerprint density at radius 2 is 1.97 bits per heavy atom. The number of nitrogens with zero attached hydrogens (tertiary/aromatic N) is 1. The molecule has 0 saturated heterocycles. The number of nitrogens with one attached hydrogen (secondary N) is 1. The molecule has 0 fully saturated rings. The van der Waals surface area contributed by atoms with E-state index in [1.807, 2.05) is 19.1 Å². The number of amides is 1. The van der Waals surface area contributed by atoms with Crippen molar-refractivity contribution in [3.05, 3.63) is 82.5 Å². The number of aromatic nitrogens is 1. The van der Waals surface area contributed by atoms with Crippen molar-refractivity contribution in [3.8, 4) is 5.75 Å². The second-order valence-corrected chi connectivity index (χ2v) is 8.37. The van der Waals surface area contributed by atoms with Gasteiger partial charge in [-0.15, -0.1) is 0 Å². The number of nitrogens with two attached hydrogens (primary N) is 1. The van der Waals surface area contributed by atoms with Gasteiger partial charge >= 0.3 is 0 Å². The standard InChI is InChI=1S/C24H22FN3O2S/c1-14-3-10-21(31-23(14)26)17-4-5-18-13-27-22(12-19(18)11-17)28-24(29)16-6-8-20(9-7-16)30-15(2)25/h4-13,15H,3,26H2,1-2H3,(H,27,28,29). The highest BCUT2D eigenvalue weighted by atomic mass is 32.2. The van der Waals surface area contributed by atoms with Gasteiger partial charge in [-0.05, 0) is 66.3 Å². The van der Waals surface area contributed by atoms with Gasteiger partial charge in [-0.2, -0.15) is 0 Å². The summed E-state index contributed by atoms with van der Waals surface area (Å²) in [5.41, 5.74) is 8.79. The molecule has 0 saturated carbocycles. The second kappa shape index (κ2) is 8.81. The number of ether oxygens (including phenoxy) is 1. The fraction of sp³-hybridized carbons (Fsp3) is 0.167. The Balaban J connectivity index is 1.52. The van der Waals surface area contributed by atoms with Crippen molar-refractivity contribution in [1.29, 1.82) is 0 Å². The number of halogens is 1. The van der Waals surface area contributed by atoms with Crippen LogP contribution in [-0.2, 0) is 0 Å². The van der Waals surface area contributed by atoms with Crippen LogP contribution in [0.2, 0.25) is 0 Å². The molecule has 1 aliphatic rings. The lowest BCUT2D eigenvalue weighted by atomic mass is 10.1. The maximum atomic E-state index is 12.9. The number of anilines is 1. The van der Waals surface area contributed by atoms with Gasteiger partial charge in [0.25, 0.3) is 5.91 Å². The summed E-state index contributed by atoms with van der Waals surface area (Å²) in [4.78, 5) is 18.0. The summed E-state index contributed by atoms with van der Waals surface area (Å²) in [5, 5.41) is 5.60. The highest BCUT2D eigenvalue weighted by Crippen LogP contribution is 2.38. The van der Waals surface area contributed by atoms with Crippen molar-refractivity contribution in [3.63, 3.8) is 0 Å². The topological polar surface area (TPSA) is 77.2 Å². The molecule has 1 unspecified atom stereocenters. The van der Waals surface area contributed by atoms with Gasteiger partial charge in [0.2, 0.25) is 6.36 Å². The molecule has 158 valence electrons. The maximum Gasteiger partial charge on any atom is 0.256 e. The van der Waals surface area contributed by atoms with E-state index in [2.05, 4.69) is 28.5 Å². The summed E-state index contributed by atoms with van der Waals surface area (Å²) in [6, 6.07) is 14.3. The monoisotopic (exact) mass is 435 g/mol. The lowest BCUT2D eigenvalue weighted by molar-refractivity contribution is 0.0860. The van der Waals surface area contributed by atoms with Gasteiger partial charge in [-0.3, -0.25) is 4.79 Å². The normalized spacial score (nSPS) is 14.9. The lowest BCUT2D eigenvalue weighted by Crippen LogP contribution is -2.13. The Kier molecular flexibility index (Phi) is 5.95. The molecule has 1 aromatic heterocycles. The summed E-state index contributed by atoms with van der Waals surface area (Å²) in [6.07, 6.45) is 3.34. The molecule has 2 aromatic carbocycles. The van der Waals surface area contributed by atoms with Gasteiger partial charge < -0.3 is 15.8 Å². The predicted molar refractivity (Wildman–Crippen MR) is 124 cm³/mol. The van der Waals surface area contributed by atoms with Crippen LogP contribution < -0.4 is 15.8 Å². The van der Waals surface area contributed by atoms with E-state index >= 15 is 0 Å². The van der Waals surface area contributed by atoms with E-state index in [1.54, 1.807) is 42.2 Å². The molecule has 3 N–H and O–H groups in total. The first-order valence-corrected chi connectivity index (χ1v) is 10.7. The van der Waals surface area contributed by atoms with Crippen LogP contribution in [0, 0.1) is 0 Å². The third-order valence-corrected chi connectivity index (χ3v) is 6.09. The number of hydrogen-bond donors (Lipinski definition) is 2. The summed E-state index contributed by atoms with van der Waals surface area (Å²) >= 11 is 1.57. The van der Waals surface area contributed by atoms with E-state index in [9.17, 15) is 9.18 Å². The lowest BCUT2D eigenvalue weighted by Gasteiger charge is -2.16. The van der Waals surface area contributed by atoms with Crippen molar-refractivity contribution in [2.45, 2.75) is 26.6 Å². The smallest absolute Gasteiger partial charge is 0.256 e. The molecule has 0 aliphatic carbocycles. The van der Waals surface area contributed by atoms with Crippen molar-refractivity contribution >= 4 is 39.2 Å². The molecule has 5 nitrogen and oxygen atoms in total. The average Bonchev–Trinajstić information content (AvgIpc) is 2.75. The number of thioether (sulfide) groups is 1. The first-order valence-electron chi connectivity index (χ1n) is 9.84. The van der Waals surface area contributed by atoms with Gasteiger partial charge in [-0.1, -0.05) is 30.0 Å². The number of pyridine rings is 1. The van der Waals surface area contributed by atoms with Crippen LogP contribution in [0.15, 0.2) is 71.4 Å². The van der Waals surface area contributed by atoms with Gasteiger partial charge in [0.05, 0.1) is 5.03 Å². The van der Waals surface area contributed by atoms with E-state index in [0.717, 1.165) is 32.7 Å². The van der Waals surface area contributed by atoms with Crippen LogP contribution in [0.4, 0.5) is 10.2 Å². The van der Waals surface area contributed by atoms with Gasteiger partial charge in [0.15, 0.2) is 0 Å². The Morgan fingerprint density at radius 1 is 1.19 bits per heavy atom. The molecule has 1 aliphatic heterocycles. The summed E-state index contributed by atoms with van der Waals surface area (Å²) in [5.74, 6) is 0.512. The van der Waals surface area contributed by atoms with Crippen LogP contribution in [0.25, 0.3) is 15.7 Å². The molecule has 0 radical (unpaired) electrons. The van der Waals surface area contributed by atoms with Crippen LogP contribution >= 0.6 is 11.8 Å². The first kappa shape index (κ1) is 20.9. The van der Waals surface area contributed by atoms with Crippen LogP contribution in [-0.4, -0.2) is 17.2 Å². The maximum absolute atomic E-state index is 12.9. The second-order valence-electron chi connectivity index (χ2n) is 7.29. The first-order chi connectivity index (χ1) is 14.9. The number of carbonyl (C=O) groups excluding carboxylic acids is 1. The summed E-state index contributed by atoms with van der Waals surface area (Å²) < 4.78 is 17.9. The summed E-state index contributed by atoms with van der Waals surface area (Å²) in [7, 11) is 0. The van der Waals surface area contributed by atoms with E-state index in [1.165, 1.54) is 12.5 Å². The van der Waals surface area contributed by atoms with E-state index in [-0.39, 0.29) is 5.91 Å². The number of hydrogen-bond acceptors (Lipinski definition) is 5. The molecule has 31 heavy (non-hydrogen) atoms. The fourth-order valence-corrected chi connectivity index (χ4v) is 4.10. The average molecular weight is 436 g/mol. The highest BCUT2D eigenvalue weighted by molar-refractivity contribution is 8.11. The molecular weight excluding hydrogens is 413 g/mol. The molecule has 3 aromatic rings. The number of alkyl halides is 1. The number of fused-ring (bicyclic) bond motifs is 1. The van der Waals surface area contributed by atoms with Gasteiger partial charge in [0, 0.05) is 29.0 Å². The van der Waals surface area contributed by atoms with Gasteiger partial charge in [0.1, 0.15) is 11.6 Å². The molecule has 0 bridgehead atoms. The number of carbonyl (C=O) groups is 1. The quantitative estimate of drug-likeness (QED) is 0.526. The zero-order valence-corrected chi connectivity index (χ0v) is 18.0. The van der Waals surface area contributed by atoms with Crippen molar-refractivity contribution in [2.75, 3.05) is 5.32 Å². The van der Waals surface area contributed by atoms with Crippen LogP contribution in [0.1, 0.15) is 36.2 Å². The third-order valence-electron chi connectivity index (χ3n) is 4.90. The van der Waals surface area contributed by atoms with Crippen LogP contribution in [0.3, 0.4) is 0 Å². The number of rotatable bonds is 5. The molecule has 1 amide bonds. The Labute approximate surface area is 184 Å². The molecule has 7 heteroatoms. The third kappa shape index (κ3) is 4.88. The summed E-state index contributed by atoms with van der Waals surface area (Å²) in [6.45, 7) is 3.34. The molecule has 0 spiro atoms. The Hall–Kier alpha value is -3.32. The van der Waals surface area contributed by atoms with E-state index in [0.29, 0.717) is 17.1 Å². The molecule has 2 heterocycles. The SMILES string of the molecule is CC1=C(N)SC(c2ccc3cnc(NC(=O)c4ccc(OC(C)F)cc4)cc3c2)=CC1. The predicted octanol–water partition coefficient (Wildman–Crippen LogP) is 5.85. The largest absolute Gasteiger partial charge is 0.461 e. The Morgan fingerprint density at radius 3 is 2.68 bits per heavy atom. The van der Waals surface area contributed by atoms with Crippen molar-refractivity contribution < 1.29 is 13.9 Å². The molecular formula is C24H22FN3O2S.